The molecule has 0 atom stereocenters. The minimum absolute atomic E-state index is 0.163. The molecule has 0 fully saturated rings. The van der Waals surface area contributed by atoms with E-state index in [-0.39, 0.29) is 11.7 Å². The van der Waals surface area contributed by atoms with Crippen molar-refractivity contribution < 1.29 is 13.9 Å². The fourth-order valence-corrected chi connectivity index (χ4v) is 1.60. The molecule has 0 aliphatic rings. The third-order valence-corrected chi connectivity index (χ3v) is 2.39. The second-order valence-corrected chi connectivity index (χ2v) is 3.73. The van der Waals surface area contributed by atoms with Crippen LogP contribution in [0.15, 0.2) is 42.5 Å². The summed E-state index contributed by atoms with van der Waals surface area (Å²) in [6.07, 6.45) is 0. The highest BCUT2D eigenvalue weighted by Crippen LogP contribution is 2.19. The van der Waals surface area contributed by atoms with Gasteiger partial charge in [-0.1, -0.05) is 18.2 Å². The van der Waals surface area contributed by atoms with Crippen LogP contribution in [0, 0.1) is 5.95 Å². The highest BCUT2D eigenvalue weighted by molar-refractivity contribution is 6.05. The van der Waals surface area contributed by atoms with Gasteiger partial charge in [-0.25, -0.2) is 4.98 Å². The smallest absolute Gasteiger partial charge is 0.260 e. The lowest BCUT2D eigenvalue weighted by molar-refractivity contribution is 0.102. The summed E-state index contributed by atoms with van der Waals surface area (Å²) in [7, 11) is 0. The van der Waals surface area contributed by atoms with Crippen LogP contribution in [0.25, 0.3) is 0 Å². The van der Waals surface area contributed by atoms with Gasteiger partial charge in [0.05, 0.1) is 12.2 Å². The molecule has 98 valence electrons. The van der Waals surface area contributed by atoms with E-state index in [1.807, 2.05) is 6.92 Å². The number of anilines is 1. The summed E-state index contributed by atoms with van der Waals surface area (Å²) in [5.41, 5.74) is 0.385. The zero-order chi connectivity index (χ0) is 13.7. The maximum atomic E-state index is 12.9. The second-order valence-electron chi connectivity index (χ2n) is 3.73. The van der Waals surface area contributed by atoms with E-state index >= 15 is 0 Å². The molecule has 0 saturated heterocycles. The van der Waals surface area contributed by atoms with Gasteiger partial charge in [-0.15, -0.1) is 0 Å². The summed E-state index contributed by atoms with van der Waals surface area (Å²) in [4.78, 5) is 15.6. The number of nitrogens with one attached hydrogen (secondary N) is 1. The zero-order valence-electron chi connectivity index (χ0n) is 10.4. The Bertz CT molecular complexity index is 587. The molecule has 0 radical (unpaired) electrons. The Labute approximate surface area is 110 Å². The predicted molar refractivity (Wildman–Crippen MR) is 69.8 cm³/mol. The number of rotatable bonds is 4. The molecule has 2 rings (SSSR count). The first kappa shape index (κ1) is 13.0. The zero-order valence-corrected chi connectivity index (χ0v) is 10.4. The lowest BCUT2D eigenvalue weighted by Gasteiger charge is -2.09. The number of halogens is 1. The first-order valence-electron chi connectivity index (χ1n) is 5.86. The number of amides is 1. The molecule has 0 spiro atoms. The molecule has 0 aliphatic heterocycles. The number of nitrogens with zero attached hydrogens (tertiary/aromatic N) is 1. The monoisotopic (exact) mass is 260 g/mol. The van der Waals surface area contributed by atoms with Gasteiger partial charge in [-0.2, -0.15) is 4.39 Å². The molecule has 5 heteroatoms. The molecule has 1 N–H and O–H groups in total. The number of hydrogen-bond donors (Lipinski definition) is 1. The van der Waals surface area contributed by atoms with Gasteiger partial charge in [-0.3, -0.25) is 4.79 Å². The predicted octanol–water partition coefficient (Wildman–Crippen LogP) is 2.87. The topological polar surface area (TPSA) is 51.2 Å². The van der Waals surface area contributed by atoms with Crippen molar-refractivity contribution in [3.05, 3.63) is 54.0 Å². The average molecular weight is 260 g/mol. The lowest BCUT2D eigenvalue weighted by Crippen LogP contribution is -2.14. The van der Waals surface area contributed by atoms with Crippen molar-refractivity contribution in [1.82, 2.24) is 4.98 Å². The third kappa shape index (κ3) is 3.28. The van der Waals surface area contributed by atoms with Crippen molar-refractivity contribution in [1.29, 1.82) is 0 Å². The van der Waals surface area contributed by atoms with Gasteiger partial charge in [0.2, 0.25) is 5.95 Å². The fourth-order valence-electron chi connectivity index (χ4n) is 1.60. The minimum Gasteiger partial charge on any atom is -0.493 e. The van der Waals surface area contributed by atoms with Gasteiger partial charge in [-0.05, 0) is 31.2 Å². The van der Waals surface area contributed by atoms with Crippen molar-refractivity contribution in [3.63, 3.8) is 0 Å². The van der Waals surface area contributed by atoms with Gasteiger partial charge in [0.15, 0.2) is 0 Å². The van der Waals surface area contributed by atoms with E-state index < -0.39 is 5.95 Å². The molecule has 1 amide bonds. The maximum absolute atomic E-state index is 12.9. The largest absolute Gasteiger partial charge is 0.493 e. The molecule has 0 bridgehead atoms. The number of aromatic nitrogens is 1. The van der Waals surface area contributed by atoms with E-state index in [4.69, 9.17) is 4.74 Å². The highest BCUT2D eigenvalue weighted by atomic mass is 19.1. The van der Waals surface area contributed by atoms with E-state index in [2.05, 4.69) is 10.3 Å². The second kappa shape index (κ2) is 5.95. The summed E-state index contributed by atoms with van der Waals surface area (Å²) in [5, 5.41) is 2.53. The molecular formula is C14H13FN2O2. The highest BCUT2D eigenvalue weighted by Gasteiger charge is 2.12. The molecule has 0 unspecified atom stereocenters. The number of pyridine rings is 1. The average Bonchev–Trinajstić information content (AvgIpc) is 2.39. The van der Waals surface area contributed by atoms with Crippen LogP contribution in [-0.2, 0) is 0 Å². The molecule has 2 aromatic rings. The van der Waals surface area contributed by atoms with Gasteiger partial charge in [0.25, 0.3) is 5.91 Å². The number of hydrogen-bond acceptors (Lipinski definition) is 3. The van der Waals surface area contributed by atoms with E-state index in [1.54, 1.807) is 24.3 Å². The maximum Gasteiger partial charge on any atom is 0.260 e. The Morgan fingerprint density at radius 1 is 1.26 bits per heavy atom. The summed E-state index contributed by atoms with van der Waals surface area (Å²) >= 11 is 0. The minimum atomic E-state index is -0.643. The standard InChI is InChI=1S/C14H13FN2O2/c1-2-19-11-7-4-3-6-10(11)14(18)17-13-9-5-8-12(15)16-13/h3-9H,2H2,1H3,(H,16,17,18). The third-order valence-electron chi connectivity index (χ3n) is 2.39. The summed E-state index contributed by atoms with van der Waals surface area (Å²) in [6, 6.07) is 11.1. The Kier molecular flexibility index (Phi) is 4.07. The van der Waals surface area contributed by atoms with Crippen molar-refractivity contribution in [3.8, 4) is 5.75 Å². The fraction of sp³-hybridized carbons (Fsp3) is 0.143. The van der Waals surface area contributed by atoms with Gasteiger partial charge < -0.3 is 10.1 Å². The number of carbonyl (C=O) groups excluding carboxylic acids is 1. The Balaban J connectivity index is 2.20. The van der Waals surface area contributed by atoms with Crippen LogP contribution in [0.5, 0.6) is 5.75 Å². The first-order valence-corrected chi connectivity index (χ1v) is 5.86. The molecular weight excluding hydrogens is 247 g/mol. The lowest BCUT2D eigenvalue weighted by atomic mass is 10.2. The van der Waals surface area contributed by atoms with Gasteiger partial charge in [0.1, 0.15) is 11.6 Å². The molecule has 4 nitrogen and oxygen atoms in total. The van der Waals surface area contributed by atoms with E-state index in [9.17, 15) is 9.18 Å². The van der Waals surface area contributed by atoms with Crippen molar-refractivity contribution in [2.24, 2.45) is 0 Å². The molecule has 0 saturated carbocycles. The van der Waals surface area contributed by atoms with Crippen molar-refractivity contribution in [2.45, 2.75) is 6.92 Å². The summed E-state index contributed by atoms with van der Waals surface area (Å²) in [5.74, 6) is -0.381. The van der Waals surface area contributed by atoms with Crippen LogP contribution in [-0.4, -0.2) is 17.5 Å². The van der Waals surface area contributed by atoms with Crippen molar-refractivity contribution in [2.75, 3.05) is 11.9 Å². The first-order chi connectivity index (χ1) is 9.20. The van der Waals surface area contributed by atoms with Crippen LogP contribution >= 0.6 is 0 Å². The van der Waals surface area contributed by atoms with Gasteiger partial charge in [0, 0.05) is 0 Å². The normalized spacial score (nSPS) is 10.0. The Morgan fingerprint density at radius 2 is 2.05 bits per heavy atom. The van der Waals surface area contributed by atoms with E-state index in [0.29, 0.717) is 17.9 Å². The van der Waals surface area contributed by atoms with Crippen LogP contribution in [0.2, 0.25) is 0 Å². The molecule has 0 aliphatic carbocycles. The van der Waals surface area contributed by atoms with Crippen molar-refractivity contribution >= 4 is 11.7 Å². The number of ether oxygens (including phenoxy) is 1. The number of para-hydroxylation sites is 1. The quantitative estimate of drug-likeness (QED) is 0.860. The Morgan fingerprint density at radius 3 is 2.79 bits per heavy atom. The molecule has 1 aromatic carbocycles. The Hall–Kier alpha value is -2.43. The van der Waals surface area contributed by atoms with Crippen LogP contribution in [0.4, 0.5) is 10.2 Å². The summed E-state index contributed by atoms with van der Waals surface area (Å²) in [6.45, 7) is 2.30. The SMILES string of the molecule is CCOc1ccccc1C(=O)Nc1cccc(F)n1. The van der Waals surface area contributed by atoms with Crippen LogP contribution in [0.1, 0.15) is 17.3 Å². The molecule has 19 heavy (non-hydrogen) atoms. The molecule has 1 heterocycles. The van der Waals surface area contributed by atoms with Crippen LogP contribution in [0.3, 0.4) is 0 Å². The van der Waals surface area contributed by atoms with Gasteiger partial charge >= 0.3 is 0 Å². The van der Waals surface area contributed by atoms with E-state index in [0.717, 1.165) is 0 Å². The molecule has 1 aromatic heterocycles. The number of carbonyl (C=O) groups is 1. The summed E-state index contributed by atoms with van der Waals surface area (Å²) < 4.78 is 18.3. The van der Waals surface area contributed by atoms with E-state index in [1.165, 1.54) is 18.2 Å². The van der Waals surface area contributed by atoms with Crippen LogP contribution < -0.4 is 10.1 Å². The number of benzene rings is 1.